The fourth-order valence-corrected chi connectivity index (χ4v) is 7.57. The van der Waals surface area contributed by atoms with Crippen molar-refractivity contribution in [1.29, 1.82) is 0 Å². The predicted octanol–water partition coefficient (Wildman–Crippen LogP) is 3.59. The van der Waals surface area contributed by atoms with Crippen molar-refractivity contribution in [3.8, 4) is 23.3 Å². The second kappa shape index (κ2) is 18.0. The van der Waals surface area contributed by atoms with E-state index in [4.69, 9.17) is 10.5 Å². The minimum absolute atomic E-state index is 0.00534. The highest BCUT2D eigenvalue weighted by Crippen LogP contribution is 2.39. The molecule has 1 aliphatic heterocycles. The number of allylic oxidation sites excluding steroid dienone is 4. The molecule has 2 heterocycles. The molecule has 0 spiro atoms. The maximum atomic E-state index is 11.6. The van der Waals surface area contributed by atoms with Crippen molar-refractivity contribution in [2.24, 2.45) is 29.4 Å². The topological polar surface area (TPSA) is 176 Å². The molecule has 2 aliphatic carbocycles. The van der Waals surface area contributed by atoms with E-state index in [1.807, 2.05) is 36.5 Å². The molecule has 0 saturated carbocycles. The van der Waals surface area contributed by atoms with Gasteiger partial charge in [0.2, 0.25) is 0 Å². The molecule has 50 heavy (non-hydrogen) atoms. The largest absolute Gasteiger partial charge is 0.504 e. The van der Waals surface area contributed by atoms with Crippen LogP contribution >= 0.6 is 0 Å². The standard InChI is InChI=1S/C40H56N4O6/c1-3-26-6-7-27-8-9-28(20-37(49)40(27)36(48)13-11-33(17-26)44-23-25(2)46)29-10-12-35(47)38(21-29)50-34(24-45)19-31(18-32-5-4-15-42-32)30-14-16-43-39(41)22-30/h4-5,8-10,12,14-15,21-22,25-28,31,33-34,36-37,40,42-49H,3,11,13,16-20,23-24,41H2,1-2H3/t25-,26-,27-,28-,31-,33+,34-,36-,37+,40+/m0/s1. The summed E-state index contributed by atoms with van der Waals surface area (Å²) in [5.41, 5.74) is 9.08. The van der Waals surface area contributed by atoms with Crippen molar-refractivity contribution < 1.29 is 30.3 Å². The first kappa shape index (κ1) is 37.5. The first-order chi connectivity index (χ1) is 24.1. The highest BCUT2D eigenvalue weighted by Gasteiger charge is 2.37. The smallest absolute Gasteiger partial charge is 0.161 e. The molecule has 0 saturated heterocycles. The summed E-state index contributed by atoms with van der Waals surface area (Å²) in [5.74, 6) is 6.91. The van der Waals surface area contributed by atoms with Crippen LogP contribution in [0, 0.1) is 35.5 Å². The van der Waals surface area contributed by atoms with Gasteiger partial charge in [-0.2, -0.15) is 0 Å². The molecule has 0 unspecified atom stereocenters. The molecule has 10 nitrogen and oxygen atoms in total. The number of H-pyrrole nitrogens is 1. The van der Waals surface area contributed by atoms with E-state index in [1.54, 1.807) is 19.1 Å². The number of benzene rings is 1. The van der Waals surface area contributed by atoms with Crippen LogP contribution in [0.15, 0.2) is 72.2 Å². The number of dihydropyridines is 1. The van der Waals surface area contributed by atoms with Crippen LogP contribution in [0.2, 0.25) is 0 Å². The SMILES string of the molecule is CC[C@H]1C#C[C@H]2C=C[C@H](c3ccc(O)c(O[C@H](CO)C[C@H](Cc4ccc[nH]4)C4=CCNC(N)=C4)c3)C[C@@H](O)[C@H]2[C@@H](O)CC[C@@H](NC[C@H](C)O)C1. The van der Waals surface area contributed by atoms with Crippen molar-refractivity contribution in [3.05, 3.63) is 83.5 Å². The molecule has 3 aliphatic rings. The minimum Gasteiger partial charge on any atom is -0.504 e. The number of aliphatic hydroxyl groups is 4. The highest BCUT2D eigenvalue weighted by atomic mass is 16.5. The van der Waals surface area contributed by atoms with Crippen molar-refractivity contribution in [3.63, 3.8) is 0 Å². The molecular formula is C40H56N4O6. The van der Waals surface area contributed by atoms with Crippen molar-refractivity contribution in [2.75, 3.05) is 19.7 Å². The summed E-state index contributed by atoms with van der Waals surface area (Å²) >= 11 is 0. The number of aromatic nitrogens is 1. The second-order valence-electron chi connectivity index (χ2n) is 14.3. The number of aromatic amines is 1. The number of fused-ring (bicyclic) bond motifs is 1. The Morgan fingerprint density at radius 3 is 2.66 bits per heavy atom. The molecule has 2 aromatic rings. The lowest BCUT2D eigenvalue weighted by molar-refractivity contribution is -0.00825. The zero-order valence-electron chi connectivity index (χ0n) is 29.3. The Kier molecular flexibility index (Phi) is 13.5. The van der Waals surface area contributed by atoms with Crippen molar-refractivity contribution >= 4 is 0 Å². The lowest BCUT2D eigenvalue weighted by Crippen LogP contribution is -2.40. The molecule has 1 aromatic carbocycles. The number of rotatable bonds is 13. The molecule has 10 N–H and O–H groups in total. The van der Waals surface area contributed by atoms with Gasteiger partial charge in [-0.25, -0.2) is 0 Å². The summed E-state index contributed by atoms with van der Waals surface area (Å²) in [6.07, 6.45) is 11.9. The summed E-state index contributed by atoms with van der Waals surface area (Å²) in [7, 11) is 0. The molecule has 10 heteroatoms. The zero-order valence-corrected chi connectivity index (χ0v) is 29.3. The van der Waals surface area contributed by atoms with Gasteiger partial charge in [0.25, 0.3) is 0 Å². The van der Waals surface area contributed by atoms with E-state index >= 15 is 0 Å². The Labute approximate surface area is 296 Å². The van der Waals surface area contributed by atoms with E-state index in [0.717, 1.165) is 36.1 Å². The molecule has 10 atom stereocenters. The molecule has 0 radical (unpaired) electrons. The third-order valence-corrected chi connectivity index (χ3v) is 10.4. The molecule has 0 fully saturated rings. The van der Waals surface area contributed by atoms with E-state index < -0.39 is 30.3 Å². The predicted molar refractivity (Wildman–Crippen MR) is 195 cm³/mol. The molecule has 5 rings (SSSR count). The number of nitrogens with one attached hydrogen (secondary N) is 3. The third-order valence-electron chi connectivity index (χ3n) is 10.4. The van der Waals surface area contributed by atoms with Crippen molar-refractivity contribution in [1.82, 2.24) is 15.6 Å². The van der Waals surface area contributed by atoms with Gasteiger partial charge in [-0.3, -0.25) is 0 Å². The number of nitrogens with two attached hydrogens (primary N) is 1. The highest BCUT2D eigenvalue weighted by molar-refractivity contribution is 5.44. The third kappa shape index (κ3) is 10.2. The van der Waals surface area contributed by atoms with E-state index in [0.29, 0.717) is 44.6 Å². The minimum atomic E-state index is -0.816. The van der Waals surface area contributed by atoms with Crippen LogP contribution in [0.4, 0.5) is 0 Å². The van der Waals surface area contributed by atoms with E-state index in [9.17, 15) is 25.5 Å². The molecule has 272 valence electrons. The normalized spacial score (nSPS) is 28.7. The Balaban J connectivity index is 1.33. The van der Waals surface area contributed by atoms with Gasteiger partial charge < -0.3 is 51.6 Å². The summed E-state index contributed by atoms with van der Waals surface area (Å²) in [5, 5.41) is 60.8. The van der Waals surface area contributed by atoms with E-state index in [2.05, 4.69) is 46.5 Å². The summed E-state index contributed by atoms with van der Waals surface area (Å²) < 4.78 is 6.32. The maximum absolute atomic E-state index is 11.6. The van der Waals surface area contributed by atoms with Gasteiger partial charge in [-0.15, -0.1) is 0 Å². The average Bonchev–Trinajstić information content (AvgIpc) is 3.55. The summed E-state index contributed by atoms with van der Waals surface area (Å²) in [6.45, 7) is 4.75. The summed E-state index contributed by atoms with van der Waals surface area (Å²) in [6, 6.07) is 9.32. The molecule has 0 bridgehead atoms. The number of aliphatic hydroxyl groups excluding tert-OH is 4. The Morgan fingerprint density at radius 2 is 1.94 bits per heavy atom. The van der Waals surface area contributed by atoms with Gasteiger partial charge >= 0.3 is 0 Å². The lowest BCUT2D eigenvalue weighted by atomic mass is 9.78. The number of hydrogen-bond acceptors (Lipinski definition) is 9. The maximum Gasteiger partial charge on any atom is 0.161 e. The van der Waals surface area contributed by atoms with E-state index in [-0.39, 0.29) is 47.8 Å². The van der Waals surface area contributed by atoms with Gasteiger partial charge in [-0.05, 0) is 99.3 Å². The van der Waals surface area contributed by atoms with Crippen LogP contribution in [0.1, 0.15) is 69.5 Å². The quantitative estimate of drug-likeness (QED) is 0.113. The Hall–Kier alpha value is -3.72. The second-order valence-corrected chi connectivity index (χ2v) is 14.3. The first-order valence-corrected chi connectivity index (χ1v) is 18.2. The van der Waals surface area contributed by atoms with Crippen LogP contribution in [0.3, 0.4) is 0 Å². The Morgan fingerprint density at radius 1 is 1.10 bits per heavy atom. The molecule has 1 aromatic heterocycles. The monoisotopic (exact) mass is 688 g/mol. The number of aromatic hydroxyl groups is 1. The van der Waals surface area contributed by atoms with Gasteiger partial charge in [0, 0.05) is 54.7 Å². The van der Waals surface area contributed by atoms with Crippen LogP contribution in [-0.4, -0.2) is 80.7 Å². The number of phenolic OH excluding ortho intramolecular Hbond substituents is 1. The van der Waals surface area contributed by atoms with Gasteiger partial charge in [0.05, 0.1) is 30.7 Å². The van der Waals surface area contributed by atoms with Crippen LogP contribution < -0.4 is 21.1 Å². The van der Waals surface area contributed by atoms with Crippen LogP contribution in [0.25, 0.3) is 0 Å². The van der Waals surface area contributed by atoms with Crippen LogP contribution in [-0.2, 0) is 6.42 Å². The van der Waals surface area contributed by atoms with Gasteiger partial charge in [-0.1, -0.05) is 43.1 Å². The van der Waals surface area contributed by atoms with Crippen molar-refractivity contribution in [2.45, 2.75) is 95.2 Å². The number of ether oxygens (including phenoxy) is 1. The zero-order chi connectivity index (χ0) is 35.6. The summed E-state index contributed by atoms with van der Waals surface area (Å²) in [4.78, 5) is 3.27. The Bertz CT molecular complexity index is 1530. The average molecular weight is 689 g/mol. The molecule has 0 amide bonds. The number of hydrogen-bond donors (Lipinski definition) is 9. The van der Waals surface area contributed by atoms with Crippen LogP contribution in [0.5, 0.6) is 11.5 Å². The first-order valence-electron chi connectivity index (χ1n) is 18.2. The fraction of sp³-hybridized carbons (Fsp3) is 0.550. The van der Waals surface area contributed by atoms with E-state index in [1.165, 1.54) is 0 Å². The lowest BCUT2D eigenvalue weighted by Gasteiger charge is -2.32. The van der Waals surface area contributed by atoms with Gasteiger partial charge in [0.15, 0.2) is 11.5 Å². The fourth-order valence-electron chi connectivity index (χ4n) is 7.57. The van der Waals surface area contributed by atoms with Gasteiger partial charge in [0.1, 0.15) is 6.10 Å². The molecular weight excluding hydrogens is 632 g/mol. The number of phenols is 1.